The number of hydrogen-bond acceptors (Lipinski definition) is 2. The topological polar surface area (TPSA) is 40.5 Å². The van der Waals surface area contributed by atoms with Gasteiger partial charge in [0, 0.05) is 6.54 Å². The summed E-state index contributed by atoms with van der Waals surface area (Å²) >= 11 is 0. The van der Waals surface area contributed by atoms with Crippen LogP contribution < -0.4 is 0 Å². The summed E-state index contributed by atoms with van der Waals surface area (Å²) < 4.78 is 0. The molecule has 0 spiro atoms. The van der Waals surface area contributed by atoms with E-state index in [0.29, 0.717) is 0 Å². The molecule has 1 aliphatic rings. The zero-order valence-electron chi connectivity index (χ0n) is 11.6. The van der Waals surface area contributed by atoms with E-state index in [1.54, 1.807) is 0 Å². The molecule has 1 aromatic rings. The zero-order chi connectivity index (χ0) is 13.7. The minimum Gasteiger partial charge on any atom is -0.480 e. The lowest BCUT2D eigenvalue weighted by Crippen LogP contribution is -2.30. The van der Waals surface area contributed by atoms with Gasteiger partial charge in [-0.3, -0.25) is 9.69 Å². The quantitative estimate of drug-likeness (QED) is 0.819. The first-order valence-electron chi connectivity index (χ1n) is 7.22. The van der Waals surface area contributed by atoms with Gasteiger partial charge in [-0.25, -0.2) is 0 Å². The van der Waals surface area contributed by atoms with E-state index < -0.39 is 5.97 Å². The van der Waals surface area contributed by atoms with Crippen LogP contribution in [-0.2, 0) is 11.3 Å². The van der Waals surface area contributed by atoms with Gasteiger partial charge in [0.25, 0.3) is 0 Å². The van der Waals surface area contributed by atoms with Crippen LogP contribution in [0.3, 0.4) is 0 Å². The van der Waals surface area contributed by atoms with Crippen molar-refractivity contribution in [2.75, 3.05) is 13.1 Å². The average molecular weight is 261 g/mol. The van der Waals surface area contributed by atoms with E-state index in [1.165, 1.54) is 30.4 Å². The van der Waals surface area contributed by atoms with Crippen LogP contribution in [0, 0.1) is 0 Å². The summed E-state index contributed by atoms with van der Waals surface area (Å²) in [5.41, 5.74) is 2.65. The molecule has 0 heterocycles. The monoisotopic (exact) mass is 261 g/mol. The number of benzene rings is 1. The molecule has 0 aliphatic heterocycles. The Labute approximate surface area is 115 Å². The van der Waals surface area contributed by atoms with E-state index >= 15 is 0 Å². The third-order valence-corrected chi connectivity index (χ3v) is 3.86. The van der Waals surface area contributed by atoms with Crippen molar-refractivity contribution in [3.8, 4) is 0 Å². The van der Waals surface area contributed by atoms with Gasteiger partial charge in [-0.05, 0) is 42.9 Å². The highest BCUT2D eigenvalue weighted by molar-refractivity contribution is 5.69. The van der Waals surface area contributed by atoms with E-state index in [0.717, 1.165) is 25.4 Å². The molecule has 0 bridgehead atoms. The number of carboxylic acid groups (broad SMARTS) is 1. The molecule has 104 valence electrons. The van der Waals surface area contributed by atoms with Crippen molar-refractivity contribution >= 4 is 5.97 Å². The maximum Gasteiger partial charge on any atom is 0.317 e. The largest absolute Gasteiger partial charge is 0.480 e. The van der Waals surface area contributed by atoms with Gasteiger partial charge in [0.05, 0.1) is 6.54 Å². The molecule has 0 atom stereocenters. The number of aliphatic carboxylic acids is 1. The Morgan fingerprint density at radius 1 is 1.32 bits per heavy atom. The van der Waals surface area contributed by atoms with Crippen molar-refractivity contribution in [2.45, 2.75) is 45.1 Å². The van der Waals surface area contributed by atoms with Crippen LogP contribution >= 0.6 is 0 Å². The summed E-state index contributed by atoms with van der Waals surface area (Å²) in [6.07, 6.45) is 4.98. The molecule has 0 unspecified atom stereocenters. The van der Waals surface area contributed by atoms with Gasteiger partial charge in [-0.2, -0.15) is 0 Å². The van der Waals surface area contributed by atoms with Gasteiger partial charge < -0.3 is 5.11 Å². The van der Waals surface area contributed by atoms with Crippen LogP contribution in [0.2, 0.25) is 0 Å². The third-order valence-electron chi connectivity index (χ3n) is 3.86. The molecular formula is C16H23NO2. The number of nitrogens with zero attached hydrogens (tertiary/aromatic N) is 1. The molecule has 0 aromatic heterocycles. The first-order valence-corrected chi connectivity index (χ1v) is 7.22. The third kappa shape index (κ3) is 4.06. The highest BCUT2D eigenvalue weighted by Crippen LogP contribution is 2.36. The van der Waals surface area contributed by atoms with Crippen LogP contribution in [0.1, 0.15) is 49.7 Å². The molecular weight excluding hydrogens is 238 g/mol. The Kier molecular flexibility index (Phi) is 4.97. The lowest BCUT2D eigenvalue weighted by Gasteiger charge is -2.26. The fourth-order valence-electron chi connectivity index (χ4n) is 2.62. The standard InChI is InChI=1S/C16H23NO2/c1-2-10-17(12-16(18)19)11-13-6-8-15(9-7-13)14-4-3-5-14/h6-9,14H,2-5,10-12H2,1H3,(H,18,19). The number of rotatable bonds is 7. The predicted molar refractivity (Wildman–Crippen MR) is 76.2 cm³/mol. The minimum absolute atomic E-state index is 0.123. The summed E-state index contributed by atoms with van der Waals surface area (Å²) in [5.74, 6) is 0.0133. The molecule has 1 aliphatic carbocycles. The van der Waals surface area contributed by atoms with Crippen LogP contribution in [0.5, 0.6) is 0 Å². The van der Waals surface area contributed by atoms with E-state index in [2.05, 4.69) is 31.2 Å². The van der Waals surface area contributed by atoms with Crippen molar-refractivity contribution in [2.24, 2.45) is 0 Å². The van der Waals surface area contributed by atoms with Gasteiger partial charge >= 0.3 is 5.97 Å². The van der Waals surface area contributed by atoms with Gasteiger partial charge in [-0.1, -0.05) is 37.6 Å². The van der Waals surface area contributed by atoms with E-state index in [1.807, 2.05) is 4.90 Å². The van der Waals surface area contributed by atoms with Gasteiger partial charge in [0.2, 0.25) is 0 Å². The fourth-order valence-corrected chi connectivity index (χ4v) is 2.62. The van der Waals surface area contributed by atoms with E-state index in [4.69, 9.17) is 5.11 Å². The Bertz CT molecular complexity index is 409. The van der Waals surface area contributed by atoms with Crippen molar-refractivity contribution in [3.63, 3.8) is 0 Å². The van der Waals surface area contributed by atoms with Gasteiger partial charge in [0.1, 0.15) is 0 Å². The predicted octanol–water partition coefficient (Wildman–Crippen LogP) is 3.25. The maximum atomic E-state index is 10.8. The van der Waals surface area contributed by atoms with Crippen molar-refractivity contribution < 1.29 is 9.90 Å². The molecule has 0 amide bonds. The van der Waals surface area contributed by atoms with Crippen molar-refractivity contribution in [1.82, 2.24) is 4.90 Å². The van der Waals surface area contributed by atoms with E-state index in [9.17, 15) is 4.79 Å². The van der Waals surface area contributed by atoms with Crippen LogP contribution in [0.25, 0.3) is 0 Å². The summed E-state index contributed by atoms with van der Waals surface area (Å²) in [4.78, 5) is 12.8. The summed E-state index contributed by atoms with van der Waals surface area (Å²) in [6, 6.07) is 8.73. The smallest absolute Gasteiger partial charge is 0.317 e. The molecule has 19 heavy (non-hydrogen) atoms. The minimum atomic E-state index is -0.750. The normalized spacial score (nSPS) is 15.5. The van der Waals surface area contributed by atoms with Crippen molar-refractivity contribution in [3.05, 3.63) is 35.4 Å². The molecule has 1 aromatic carbocycles. The highest BCUT2D eigenvalue weighted by Gasteiger charge is 2.19. The molecule has 1 N–H and O–H groups in total. The molecule has 1 fully saturated rings. The Morgan fingerprint density at radius 3 is 2.47 bits per heavy atom. The molecule has 3 nitrogen and oxygen atoms in total. The molecule has 2 rings (SSSR count). The second kappa shape index (κ2) is 6.71. The summed E-state index contributed by atoms with van der Waals surface area (Å²) in [7, 11) is 0. The number of hydrogen-bond donors (Lipinski definition) is 1. The summed E-state index contributed by atoms with van der Waals surface area (Å²) in [6.45, 7) is 3.76. The Hall–Kier alpha value is -1.35. The van der Waals surface area contributed by atoms with Crippen LogP contribution in [-0.4, -0.2) is 29.1 Å². The first-order chi connectivity index (χ1) is 9.19. The zero-order valence-corrected chi connectivity index (χ0v) is 11.6. The Morgan fingerprint density at radius 2 is 2.00 bits per heavy atom. The first kappa shape index (κ1) is 14.1. The highest BCUT2D eigenvalue weighted by atomic mass is 16.4. The SMILES string of the molecule is CCCN(CC(=O)O)Cc1ccc(C2CCC2)cc1. The second-order valence-electron chi connectivity index (χ2n) is 5.47. The lowest BCUT2D eigenvalue weighted by molar-refractivity contribution is -0.138. The Balaban J connectivity index is 1.94. The molecule has 1 saturated carbocycles. The molecule has 0 radical (unpaired) electrons. The number of carboxylic acids is 1. The van der Waals surface area contributed by atoms with Crippen molar-refractivity contribution in [1.29, 1.82) is 0 Å². The van der Waals surface area contributed by atoms with Crippen LogP contribution in [0.4, 0.5) is 0 Å². The summed E-state index contributed by atoms with van der Waals surface area (Å²) in [5, 5.41) is 8.90. The van der Waals surface area contributed by atoms with E-state index in [-0.39, 0.29) is 6.54 Å². The maximum absolute atomic E-state index is 10.8. The molecule has 3 heteroatoms. The second-order valence-corrected chi connectivity index (χ2v) is 5.47. The lowest BCUT2D eigenvalue weighted by atomic mass is 9.80. The molecule has 0 saturated heterocycles. The fraction of sp³-hybridized carbons (Fsp3) is 0.562. The average Bonchev–Trinajstić information content (AvgIpc) is 2.29. The van der Waals surface area contributed by atoms with Gasteiger partial charge in [0.15, 0.2) is 0 Å². The van der Waals surface area contributed by atoms with Gasteiger partial charge in [-0.15, -0.1) is 0 Å². The van der Waals surface area contributed by atoms with Crippen LogP contribution in [0.15, 0.2) is 24.3 Å². The number of carbonyl (C=O) groups is 1.